The molecule has 0 atom stereocenters. The molecule has 0 fully saturated rings. The van der Waals surface area contributed by atoms with E-state index in [1.54, 1.807) is 20.3 Å². The molecule has 0 heterocycles. The molecular weight excluding hydrogens is 126 g/mol. The molecule has 0 rings (SSSR count). The van der Waals surface area contributed by atoms with E-state index in [9.17, 15) is 0 Å². The van der Waals surface area contributed by atoms with E-state index in [1.165, 1.54) is 0 Å². The second-order valence-corrected chi connectivity index (χ2v) is 2.28. The molecule has 58 valence electrons. The Bertz CT molecular complexity index is 136. The van der Waals surface area contributed by atoms with Gasteiger partial charge in [0.25, 0.3) is 0 Å². The van der Waals surface area contributed by atoms with Crippen molar-refractivity contribution in [1.82, 2.24) is 5.43 Å². The Balaban J connectivity index is 3.98. The first-order valence-corrected chi connectivity index (χ1v) is 3.38. The van der Waals surface area contributed by atoms with Gasteiger partial charge in [-0.3, -0.25) is 4.99 Å². The Hall–Kier alpha value is -0.860. The lowest BCUT2D eigenvalue weighted by molar-refractivity contribution is 0.881. The van der Waals surface area contributed by atoms with Crippen molar-refractivity contribution in [2.24, 2.45) is 16.0 Å². The summed E-state index contributed by atoms with van der Waals surface area (Å²) in [5, 5.41) is 3.86. The number of nitrogens with one attached hydrogen (secondary N) is 1. The fraction of sp³-hybridized carbons (Fsp3) is 0.714. The number of rotatable bonds is 3. The molecule has 0 aliphatic carbocycles. The Morgan fingerprint density at radius 2 is 2.10 bits per heavy atom. The van der Waals surface area contributed by atoms with Gasteiger partial charge < -0.3 is 5.43 Å². The van der Waals surface area contributed by atoms with Crippen LogP contribution in [0, 0.1) is 5.92 Å². The standard InChI is InChI=1S/C7H15N3/c1-6(2)7(8-3)5-10-9-4/h5-6,9H,1-4H3. The van der Waals surface area contributed by atoms with Gasteiger partial charge in [-0.15, -0.1) is 0 Å². The zero-order chi connectivity index (χ0) is 7.98. The van der Waals surface area contributed by atoms with Gasteiger partial charge in [0, 0.05) is 14.1 Å². The normalized spacial score (nSPS) is 13.1. The van der Waals surface area contributed by atoms with E-state index in [2.05, 4.69) is 29.4 Å². The SMILES string of the molecule is CN=C(C=NNC)C(C)C. The third-order valence-corrected chi connectivity index (χ3v) is 1.18. The van der Waals surface area contributed by atoms with Crippen LogP contribution in [0.1, 0.15) is 13.8 Å². The van der Waals surface area contributed by atoms with Crippen LogP contribution >= 0.6 is 0 Å². The molecule has 0 aliphatic heterocycles. The van der Waals surface area contributed by atoms with Gasteiger partial charge in [0.15, 0.2) is 0 Å². The van der Waals surface area contributed by atoms with Crippen LogP contribution in [0.15, 0.2) is 10.1 Å². The second-order valence-electron chi connectivity index (χ2n) is 2.28. The van der Waals surface area contributed by atoms with Crippen LogP contribution in [0.4, 0.5) is 0 Å². The molecule has 0 spiro atoms. The van der Waals surface area contributed by atoms with Gasteiger partial charge >= 0.3 is 0 Å². The molecule has 0 aromatic rings. The Labute approximate surface area is 62.2 Å². The maximum atomic E-state index is 4.05. The summed E-state index contributed by atoms with van der Waals surface area (Å²) in [7, 11) is 3.54. The summed E-state index contributed by atoms with van der Waals surface area (Å²) in [4.78, 5) is 4.05. The van der Waals surface area contributed by atoms with Crippen molar-refractivity contribution in [1.29, 1.82) is 0 Å². The van der Waals surface area contributed by atoms with Crippen LogP contribution in [0.5, 0.6) is 0 Å². The highest BCUT2D eigenvalue weighted by molar-refractivity contribution is 6.31. The van der Waals surface area contributed by atoms with E-state index in [4.69, 9.17) is 0 Å². The molecule has 3 nitrogen and oxygen atoms in total. The molecular formula is C7H15N3. The summed E-state index contributed by atoms with van der Waals surface area (Å²) in [6.45, 7) is 4.17. The quantitative estimate of drug-likeness (QED) is 0.460. The summed E-state index contributed by atoms with van der Waals surface area (Å²) >= 11 is 0. The molecule has 10 heavy (non-hydrogen) atoms. The predicted molar refractivity (Wildman–Crippen MR) is 45.7 cm³/mol. The van der Waals surface area contributed by atoms with E-state index < -0.39 is 0 Å². The summed E-state index contributed by atoms with van der Waals surface area (Å²) in [5.74, 6) is 0.446. The minimum Gasteiger partial charge on any atom is -0.313 e. The zero-order valence-electron chi connectivity index (χ0n) is 7.05. The molecule has 0 aromatic carbocycles. The molecule has 0 saturated carbocycles. The van der Waals surface area contributed by atoms with Crippen LogP contribution in [-0.4, -0.2) is 26.0 Å². The highest BCUT2D eigenvalue weighted by atomic mass is 15.3. The molecule has 0 aliphatic rings. The van der Waals surface area contributed by atoms with E-state index >= 15 is 0 Å². The van der Waals surface area contributed by atoms with Crippen LogP contribution in [0.3, 0.4) is 0 Å². The van der Waals surface area contributed by atoms with E-state index in [0.717, 1.165) is 5.71 Å². The Morgan fingerprint density at radius 3 is 2.40 bits per heavy atom. The van der Waals surface area contributed by atoms with Crippen molar-refractivity contribution < 1.29 is 0 Å². The van der Waals surface area contributed by atoms with Gasteiger partial charge in [0.1, 0.15) is 0 Å². The number of hydrazone groups is 1. The van der Waals surface area contributed by atoms with Crippen molar-refractivity contribution in [2.75, 3.05) is 14.1 Å². The first-order valence-electron chi connectivity index (χ1n) is 3.38. The predicted octanol–water partition coefficient (Wildman–Crippen LogP) is 0.918. The molecule has 0 unspecified atom stereocenters. The van der Waals surface area contributed by atoms with Crippen LogP contribution in [0.25, 0.3) is 0 Å². The molecule has 1 N–H and O–H groups in total. The van der Waals surface area contributed by atoms with Gasteiger partial charge in [-0.25, -0.2) is 0 Å². The van der Waals surface area contributed by atoms with Crippen molar-refractivity contribution in [2.45, 2.75) is 13.8 Å². The minimum atomic E-state index is 0.446. The fourth-order valence-electron chi connectivity index (χ4n) is 0.596. The third-order valence-electron chi connectivity index (χ3n) is 1.18. The lowest BCUT2D eigenvalue weighted by Gasteiger charge is -2.01. The monoisotopic (exact) mass is 141 g/mol. The van der Waals surface area contributed by atoms with Crippen LogP contribution < -0.4 is 5.43 Å². The van der Waals surface area contributed by atoms with E-state index in [1.807, 2.05) is 0 Å². The van der Waals surface area contributed by atoms with Gasteiger partial charge in [0.05, 0.1) is 11.9 Å². The van der Waals surface area contributed by atoms with Crippen LogP contribution in [-0.2, 0) is 0 Å². The molecule has 0 saturated heterocycles. The Morgan fingerprint density at radius 1 is 1.50 bits per heavy atom. The number of hydrogen-bond acceptors (Lipinski definition) is 3. The summed E-state index contributed by atoms with van der Waals surface area (Å²) in [5.41, 5.74) is 3.68. The van der Waals surface area contributed by atoms with Gasteiger partial charge in [-0.1, -0.05) is 13.8 Å². The first-order chi connectivity index (χ1) is 4.72. The number of aliphatic imine (C=N–C) groups is 1. The Kier molecular flexibility index (Phi) is 4.54. The van der Waals surface area contributed by atoms with Crippen molar-refractivity contribution >= 4 is 11.9 Å². The molecule has 0 radical (unpaired) electrons. The maximum absolute atomic E-state index is 4.05. The second kappa shape index (κ2) is 4.97. The minimum absolute atomic E-state index is 0.446. The molecule has 0 aromatic heterocycles. The third kappa shape index (κ3) is 3.22. The average Bonchev–Trinajstić information content (AvgIpc) is 1.89. The topological polar surface area (TPSA) is 36.8 Å². The lowest BCUT2D eigenvalue weighted by Crippen LogP contribution is -2.10. The fourth-order valence-corrected chi connectivity index (χ4v) is 0.596. The molecule has 0 amide bonds. The smallest absolute Gasteiger partial charge is 0.0681 e. The summed E-state index contributed by atoms with van der Waals surface area (Å²) in [6.07, 6.45) is 1.74. The van der Waals surface area contributed by atoms with Gasteiger partial charge in [0.2, 0.25) is 0 Å². The first kappa shape index (κ1) is 9.14. The highest BCUT2D eigenvalue weighted by Crippen LogP contribution is 1.93. The molecule has 0 bridgehead atoms. The highest BCUT2D eigenvalue weighted by Gasteiger charge is 1.98. The van der Waals surface area contributed by atoms with Gasteiger partial charge in [-0.2, -0.15) is 5.10 Å². The zero-order valence-corrected chi connectivity index (χ0v) is 7.05. The average molecular weight is 141 g/mol. The lowest BCUT2D eigenvalue weighted by atomic mass is 10.1. The largest absolute Gasteiger partial charge is 0.313 e. The molecule has 3 heteroatoms. The van der Waals surface area contributed by atoms with E-state index in [0.29, 0.717) is 5.92 Å². The van der Waals surface area contributed by atoms with Crippen molar-refractivity contribution in [3.05, 3.63) is 0 Å². The van der Waals surface area contributed by atoms with Gasteiger partial charge in [-0.05, 0) is 5.92 Å². The number of nitrogens with zero attached hydrogens (tertiary/aromatic N) is 2. The van der Waals surface area contributed by atoms with Crippen molar-refractivity contribution in [3.8, 4) is 0 Å². The van der Waals surface area contributed by atoms with Crippen LogP contribution in [0.2, 0.25) is 0 Å². The summed E-state index contributed by atoms with van der Waals surface area (Å²) in [6, 6.07) is 0. The maximum Gasteiger partial charge on any atom is 0.0681 e. The number of hydrogen-bond donors (Lipinski definition) is 1. The summed E-state index contributed by atoms with van der Waals surface area (Å²) < 4.78 is 0. The van der Waals surface area contributed by atoms with E-state index in [-0.39, 0.29) is 0 Å². The van der Waals surface area contributed by atoms with Crippen molar-refractivity contribution in [3.63, 3.8) is 0 Å².